The van der Waals surface area contributed by atoms with E-state index in [0.29, 0.717) is 12.8 Å². The van der Waals surface area contributed by atoms with Crippen molar-refractivity contribution in [2.45, 2.75) is 261 Å². The van der Waals surface area contributed by atoms with Crippen molar-refractivity contribution in [3.63, 3.8) is 0 Å². The molecule has 386 valence electrons. The van der Waals surface area contributed by atoms with Gasteiger partial charge in [0.25, 0.3) is 0 Å². The summed E-state index contributed by atoms with van der Waals surface area (Å²) in [5.41, 5.74) is 0. The predicted molar refractivity (Wildman–Crippen MR) is 252 cm³/mol. The molecule has 0 unspecified atom stereocenters. The fraction of sp³-hybridized carbons (Fsp3) is 0.882. The number of allylic oxidation sites excluding steroid dienone is 4. The standard InChI is InChI=1S/C51H92O15/c1-3-5-7-9-11-13-15-17-19-21-23-25-27-29-31-33-42(53)61-36-39(64-43(54)34-32-30-28-26-24-22-20-18-16-14-12-10-8-6-4-2)37-62-50-49(60)47(58)45(56)41(66-50)38-63-51-48(59)46(57)44(55)40(35-52)65-51/h12,14,18,20,39-41,44-52,55-60H,3-11,13,15-17,19,21-38H2,1-2H3/b14-12-,20-18-/t39-,40-,41-,44+,45+,46+,47+,48-,49-,50-,51-/m1/s1. The van der Waals surface area contributed by atoms with Gasteiger partial charge in [0.15, 0.2) is 18.7 Å². The Labute approximate surface area is 396 Å². The molecule has 0 radical (unpaired) electrons. The largest absolute Gasteiger partial charge is 0.462 e. The van der Waals surface area contributed by atoms with E-state index in [2.05, 4.69) is 38.2 Å². The number of carbonyl (C=O) groups excluding carboxylic acids is 2. The van der Waals surface area contributed by atoms with E-state index < -0.39 is 92.7 Å². The summed E-state index contributed by atoms with van der Waals surface area (Å²) in [4.78, 5) is 25.7. The van der Waals surface area contributed by atoms with Crippen molar-refractivity contribution in [3.05, 3.63) is 24.3 Å². The monoisotopic (exact) mass is 945 g/mol. The number of aliphatic hydroxyl groups excluding tert-OH is 7. The maximum atomic E-state index is 13.0. The first-order valence-electron chi connectivity index (χ1n) is 25.9. The van der Waals surface area contributed by atoms with Crippen molar-refractivity contribution in [1.29, 1.82) is 0 Å². The van der Waals surface area contributed by atoms with Gasteiger partial charge in [-0.1, -0.05) is 160 Å². The van der Waals surface area contributed by atoms with Crippen LogP contribution in [0.1, 0.15) is 194 Å². The first-order chi connectivity index (χ1) is 32.0. The summed E-state index contributed by atoms with van der Waals surface area (Å²) in [7, 11) is 0. The molecule has 15 heteroatoms. The van der Waals surface area contributed by atoms with E-state index in [9.17, 15) is 45.3 Å². The lowest BCUT2D eigenvalue weighted by molar-refractivity contribution is -0.332. The maximum absolute atomic E-state index is 13.0. The molecule has 0 aliphatic carbocycles. The zero-order valence-corrected chi connectivity index (χ0v) is 40.7. The van der Waals surface area contributed by atoms with Crippen molar-refractivity contribution in [3.8, 4) is 0 Å². The molecular weight excluding hydrogens is 853 g/mol. The van der Waals surface area contributed by atoms with E-state index >= 15 is 0 Å². The summed E-state index contributed by atoms with van der Waals surface area (Å²) in [5.74, 6) is -0.934. The minimum Gasteiger partial charge on any atom is -0.462 e. The lowest BCUT2D eigenvalue weighted by atomic mass is 9.98. The summed E-state index contributed by atoms with van der Waals surface area (Å²) < 4.78 is 33.6. The zero-order valence-electron chi connectivity index (χ0n) is 40.7. The third kappa shape index (κ3) is 26.7. The highest BCUT2D eigenvalue weighted by atomic mass is 16.7. The molecule has 2 heterocycles. The van der Waals surface area contributed by atoms with E-state index in [1.165, 1.54) is 89.9 Å². The number of ether oxygens (including phenoxy) is 6. The van der Waals surface area contributed by atoms with Crippen molar-refractivity contribution in [2.75, 3.05) is 26.4 Å². The Balaban J connectivity index is 1.81. The first-order valence-corrected chi connectivity index (χ1v) is 25.9. The van der Waals surface area contributed by atoms with E-state index in [0.717, 1.165) is 64.2 Å². The molecule has 0 saturated carbocycles. The number of hydrogen-bond acceptors (Lipinski definition) is 15. The second kappa shape index (κ2) is 38.8. The summed E-state index contributed by atoms with van der Waals surface area (Å²) in [6, 6.07) is 0. The number of carbonyl (C=O) groups is 2. The van der Waals surface area contributed by atoms with Crippen molar-refractivity contribution >= 4 is 11.9 Å². The van der Waals surface area contributed by atoms with Crippen LogP contribution in [0.2, 0.25) is 0 Å². The molecule has 0 bridgehead atoms. The van der Waals surface area contributed by atoms with Crippen LogP contribution in [0.3, 0.4) is 0 Å². The Morgan fingerprint density at radius 2 is 0.909 bits per heavy atom. The minimum atomic E-state index is -1.76. The van der Waals surface area contributed by atoms with Gasteiger partial charge in [-0.05, 0) is 44.9 Å². The highest BCUT2D eigenvalue weighted by Crippen LogP contribution is 2.26. The molecule has 7 N–H and O–H groups in total. The third-order valence-corrected chi connectivity index (χ3v) is 12.4. The van der Waals surface area contributed by atoms with Gasteiger partial charge in [0.2, 0.25) is 0 Å². The van der Waals surface area contributed by atoms with Crippen molar-refractivity contribution in [2.24, 2.45) is 0 Å². The number of rotatable bonds is 40. The smallest absolute Gasteiger partial charge is 0.306 e. The number of hydrogen-bond donors (Lipinski definition) is 7. The molecule has 2 aliphatic heterocycles. The molecular formula is C51H92O15. The number of aliphatic hydroxyl groups is 7. The summed E-state index contributed by atoms with van der Waals surface area (Å²) in [6.45, 7) is 2.56. The van der Waals surface area contributed by atoms with Gasteiger partial charge in [-0.2, -0.15) is 0 Å². The van der Waals surface area contributed by atoms with Crippen LogP contribution in [0.5, 0.6) is 0 Å². The van der Waals surface area contributed by atoms with Gasteiger partial charge in [0.05, 0.1) is 19.8 Å². The number of esters is 2. The van der Waals surface area contributed by atoms with Crippen LogP contribution in [0.25, 0.3) is 0 Å². The van der Waals surface area contributed by atoms with Crippen molar-refractivity contribution in [1.82, 2.24) is 0 Å². The highest BCUT2D eigenvalue weighted by molar-refractivity contribution is 5.70. The average Bonchev–Trinajstić information content (AvgIpc) is 3.31. The molecule has 0 spiro atoms. The Kier molecular flexibility index (Phi) is 35.3. The topological polar surface area (TPSA) is 231 Å². The predicted octanol–water partition coefficient (Wildman–Crippen LogP) is 7.16. The van der Waals surface area contributed by atoms with Crippen LogP contribution in [-0.4, -0.2) is 142 Å². The van der Waals surface area contributed by atoms with Gasteiger partial charge in [0, 0.05) is 12.8 Å². The minimum absolute atomic E-state index is 0.152. The molecule has 2 fully saturated rings. The zero-order chi connectivity index (χ0) is 48.2. The molecule has 11 atom stereocenters. The first kappa shape index (κ1) is 60.1. The molecule has 2 aliphatic rings. The molecule has 66 heavy (non-hydrogen) atoms. The van der Waals surface area contributed by atoms with E-state index in [-0.39, 0.29) is 26.1 Å². The van der Waals surface area contributed by atoms with Crippen LogP contribution >= 0.6 is 0 Å². The fourth-order valence-corrected chi connectivity index (χ4v) is 8.13. The van der Waals surface area contributed by atoms with Gasteiger partial charge in [-0.3, -0.25) is 9.59 Å². The van der Waals surface area contributed by atoms with Gasteiger partial charge in [-0.25, -0.2) is 0 Å². The van der Waals surface area contributed by atoms with Crippen LogP contribution < -0.4 is 0 Å². The Bertz CT molecular complexity index is 1250. The average molecular weight is 945 g/mol. The van der Waals surface area contributed by atoms with Gasteiger partial charge >= 0.3 is 11.9 Å². The Morgan fingerprint density at radius 3 is 1.44 bits per heavy atom. The SMILES string of the molecule is CCCCC/C=C\C/C=C\CCCCCCCC(=O)O[C@H](COC(=O)CCCCCCCCCCCCCCCCC)CO[C@@H]1O[C@H](CO[C@@H]2O[C@H](CO)[C@H](O)[C@H](O)[C@H]2O)[C@H](O)[C@H](O)[C@H]1O. The highest BCUT2D eigenvalue weighted by Gasteiger charge is 2.47. The lowest BCUT2D eigenvalue weighted by Gasteiger charge is -2.42. The second-order valence-electron chi connectivity index (χ2n) is 18.4. The molecule has 15 nitrogen and oxygen atoms in total. The Hall–Kier alpha value is -2.02. The van der Waals surface area contributed by atoms with Crippen LogP contribution in [0, 0.1) is 0 Å². The fourth-order valence-electron chi connectivity index (χ4n) is 8.13. The van der Waals surface area contributed by atoms with Gasteiger partial charge < -0.3 is 64.2 Å². The molecule has 0 amide bonds. The summed E-state index contributed by atoms with van der Waals surface area (Å²) >= 11 is 0. The van der Waals surface area contributed by atoms with E-state index in [1.807, 2.05) is 0 Å². The molecule has 2 saturated heterocycles. The van der Waals surface area contributed by atoms with Crippen molar-refractivity contribution < 1.29 is 73.8 Å². The molecule has 0 aromatic rings. The lowest BCUT2D eigenvalue weighted by Crippen LogP contribution is -2.61. The maximum Gasteiger partial charge on any atom is 0.306 e. The quantitative estimate of drug-likeness (QED) is 0.0184. The normalized spacial score (nSPS) is 26.3. The summed E-state index contributed by atoms with van der Waals surface area (Å²) in [6.07, 6.45) is 22.0. The Morgan fingerprint density at radius 1 is 0.485 bits per heavy atom. The molecule has 0 aromatic carbocycles. The van der Waals surface area contributed by atoms with E-state index in [1.54, 1.807) is 0 Å². The molecule has 2 rings (SSSR count). The van der Waals surface area contributed by atoms with Gasteiger partial charge in [0.1, 0.15) is 55.4 Å². The molecule has 0 aromatic heterocycles. The number of unbranched alkanes of at least 4 members (excludes halogenated alkanes) is 22. The third-order valence-electron chi connectivity index (χ3n) is 12.4. The second-order valence-corrected chi connectivity index (χ2v) is 18.4. The van der Waals surface area contributed by atoms with E-state index in [4.69, 9.17) is 28.4 Å². The van der Waals surface area contributed by atoms with Crippen LogP contribution in [0.4, 0.5) is 0 Å². The van der Waals surface area contributed by atoms with Crippen LogP contribution in [0.15, 0.2) is 24.3 Å². The van der Waals surface area contributed by atoms with Crippen LogP contribution in [-0.2, 0) is 38.0 Å². The summed E-state index contributed by atoms with van der Waals surface area (Å²) in [5, 5.41) is 72.1. The van der Waals surface area contributed by atoms with Gasteiger partial charge in [-0.15, -0.1) is 0 Å².